The first kappa shape index (κ1) is 39.6. The van der Waals surface area contributed by atoms with Crippen LogP contribution in [-0.2, 0) is 4.79 Å². The first-order valence-electron chi connectivity index (χ1n) is 18.1. The van der Waals surface area contributed by atoms with Crippen molar-refractivity contribution in [2.24, 2.45) is 28.6 Å². The lowest BCUT2D eigenvalue weighted by Crippen LogP contribution is -2.46. The van der Waals surface area contributed by atoms with Crippen molar-refractivity contribution in [2.45, 2.75) is 209 Å². The van der Waals surface area contributed by atoms with Gasteiger partial charge in [0.2, 0.25) is 0 Å². The second-order valence-corrected chi connectivity index (χ2v) is 15.4. The fourth-order valence-electron chi connectivity index (χ4n) is 7.00. The van der Waals surface area contributed by atoms with Gasteiger partial charge in [0.1, 0.15) is 6.29 Å². The summed E-state index contributed by atoms with van der Waals surface area (Å²) in [6, 6.07) is 0. The van der Waals surface area contributed by atoms with E-state index in [-0.39, 0.29) is 28.6 Å². The number of rotatable bonds is 27. The smallest absolute Gasteiger partial charge is 0.123 e. The normalized spacial score (nSPS) is 15.6. The maximum Gasteiger partial charge on any atom is 0.123 e. The Morgan fingerprint density at radius 1 is 0.500 bits per heavy atom. The molecule has 0 spiro atoms. The van der Waals surface area contributed by atoms with Gasteiger partial charge in [0.25, 0.3) is 0 Å². The number of aliphatic hydroxyl groups is 1. The number of unbranched alkanes of at least 4 members (excludes halogenated alkanes) is 19. The molecule has 2 heteroatoms. The highest BCUT2D eigenvalue weighted by Gasteiger charge is 2.43. The van der Waals surface area contributed by atoms with Crippen LogP contribution in [0.15, 0.2) is 0 Å². The summed E-state index contributed by atoms with van der Waals surface area (Å²) in [5, 5.41) is 11.8. The molecule has 0 saturated heterocycles. The minimum absolute atomic E-state index is 0.0150. The molecule has 40 heavy (non-hydrogen) atoms. The Kier molecular flexibility index (Phi) is 23.9. The molecule has 0 rings (SSSR count). The van der Waals surface area contributed by atoms with Crippen LogP contribution in [0.3, 0.4) is 0 Å². The van der Waals surface area contributed by atoms with Gasteiger partial charge in [0.15, 0.2) is 0 Å². The summed E-state index contributed by atoms with van der Waals surface area (Å²) < 4.78 is 0. The van der Waals surface area contributed by atoms with E-state index in [4.69, 9.17) is 0 Å². The summed E-state index contributed by atoms with van der Waals surface area (Å²) in [4.78, 5) is 12.4. The maximum absolute atomic E-state index is 12.4. The van der Waals surface area contributed by atoms with Gasteiger partial charge in [-0.25, -0.2) is 0 Å². The van der Waals surface area contributed by atoms with Crippen molar-refractivity contribution < 1.29 is 9.90 Å². The van der Waals surface area contributed by atoms with Crippen LogP contribution >= 0.6 is 0 Å². The maximum atomic E-state index is 12.4. The zero-order chi connectivity index (χ0) is 30.3. The number of aliphatic hydroxyl groups excluding tert-OH is 1. The summed E-state index contributed by atoms with van der Waals surface area (Å²) >= 11 is 0. The Morgan fingerprint density at radius 3 is 1.12 bits per heavy atom. The van der Waals surface area contributed by atoms with E-state index in [9.17, 15) is 9.90 Å². The number of hydrogen-bond donors (Lipinski definition) is 1. The molecule has 0 bridgehead atoms. The van der Waals surface area contributed by atoms with Gasteiger partial charge in [-0.15, -0.1) is 0 Å². The third-order valence-electron chi connectivity index (χ3n) is 9.54. The van der Waals surface area contributed by atoms with Gasteiger partial charge in [-0.3, -0.25) is 0 Å². The molecule has 0 aliphatic heterocycles. The highest BCUT2D eigenvalue weighted by Crippen LogP contribution is 2.44. The molecule has 240 valence electrons. The van der Waals surface area contributed by atoms with Crippen molar-refractivity contribution in [3.8, 4) is 0 Å². The van der Waals surface area contributed by atoms with Crippen LogP contribution in [0.4, 0.5) is 0 Å². The van der Waals surface area contributed by atoms with Crippen molar-refractivity contribution >= 4 is 6.29 Å². The van der Waals surface area contributed by atoms with Gasteiger partial charge in [0.05, 0.1) is 6.10 Å². The predicted molar refractivity (Wildman–Crippen MR) is 179 cm³/mol. The standard InChI is InChI=1S/C38H76O2/c1-9-11-13-15-16-17-18-19-20-21-22-23-24-25-27-28-30-33(32-39)35(38(6,7)8)36(40)34(37(3,4)5)31-29-26-14-12-10-2/h32-36,40H,9-31H2,1-8H3. The van der Waals surface area contributed by atoms with Crippen molar-refractivity contribution in [2.75, 3.05) is 0 Å². The zero-order valence-electron chi connectivity index (χ0n) is 29.0. The van der Waals surface area contributed by atoms with E-state index in [2.05, 4.69) is 55.4 Å². The molecule has 0 amide bonds. The van der Waals surface area contributed by atoms with Crippen LogP contribution in [-0.4, -0.2) is 17.5 Å². The second kappa shape index (κ2) is 24.1. The minimum Gasteiger partial charge on any atom is -0.392 e. The lowest BCUT2D eigenvalue weighted by molar-refractivity contribution is -0.121. The summed E-state index contributed by atoms with van der Waals surface area (Å²) in [6.07, 6.45) is 30.9. The van der Waals surface area contributed by atoms with Crippen molar-refractivity contribution in [3.05, 3.63) is 0 Å². The Hall–Kier alpha value is -0.370. The predicted octanol–water partition coefficient (Wildman–Crippen LogP) is 12.5. The molecule has 4 atom stereocenters. The highest BCUT2D eigenvalue weighted by atomic mass is 16.3. The third-order valence-corrected chi connectivity index (χ3v) is 9.54. The molecule has 0 heterocycles. The molecule has 0 aromatic heterocycles. The van der Waals surface area contributed by atoms with E-state index in [0.717, 1.165) is 19.3 Å². The van der Waals surface area contributed by atoms with Crippen molar-refractivity contribution in [1.29, 1.82) is 0 Å². The lowest BCUT2D eigenvalue weighted by Gasteiger charge is -2.45. The van der Waals surface area contributed by atoms with E-state index < -0.39 is 6.10 Å². The molecule has 0 radical (unpaired) electrons. The quantitative estimate of drug-likeness (QED) is 0.0795. The average Bonchev–Trinajstić information content (AvgIpc) is 2.88. The van der Waals surface area contributed by atoms with E-state index in [1.54, 1.807) is 0 Å². The summed E-state index contributed by atoms with van der Waals surface area (Å²) in [5.74, 6) is 0.194. The molecule has 0 aliphatic rings. The largest absolute Gasteiger partial charge is 0.392 e. The molecule has 0 aliphatic carbocycles. The molecule has 0 fully saturated rings. The third kappa shape index (κ3) is 19.7. The first-order valence-corrected chi connectivity index (χ1v) is 18.1. The number of carbonyl (C=O) groups is 1. The Labute approximate surface area is 253 Å². The molecular weight excluding hydrogens is 488 g/mol. The summed E-state index contributed by atoms with van der Waals surface area (Å²) in [5.41, 5.74) is -0.0545. The minimum atomic E-state index is -0.428. The average molecular weight is 565 g/mol. The van der Waals surface area contributed by atoms with E-state index in [0.29, 0.717) is 0 Å². The lowest BCUT2D eigenvalue weighted by atomic mass is 9.62. The molecule has 0 aromatic carbocycles. The van der Waals surface area contributed by atoms with Crippen LogP contribution in [0.1, 0.15) is 203 Å². The van der Waals surface area contributed by atoms with Crippen molar-refractivity contribution in [3.63, 3.8) is 0 Å². The van der Waals surface area contributed by atoms with Crippen LogP contribution in [0.2, 0.25) is 0 Å². The van der Waals surface area contributed by atoms with Gasteiger partial charge in [0, 0.05) is 5.92 Å². The van der Waals surface area contributed by atoms with Gasteiger partial charge in [-0.05, 0) is 35.5 Å². The topological polar surface area (TPSA) is 37.3 Å². The van der Waals surface area contributed by atoms with E-state index in [1.165, 1.54) is 135 Å². The summed E-state index contributed by atoms with van der Waals surface area (Å²) in [7, 11) is 0. The van der Waals surface area contributed by atoms with Gasteiger partial charge >= 0.3 is 0 Å². The van der Waals surface area contributed by atoms with E-state index >= 15 is 0 Å². The number of aldehydes is 1. The summed E-state index contributed by atoms with van der Waals surface area (Å²) in [6.45, 7) is 18.1. The van der Waals surface area contributed by atoms with Crippen LogP contribution < -0.4 is 0 Å². The fourth-order valence-corrected chi connectivity index (χ4v) is 7.00. The second-order valence-electron chi connectivity index (χ2n) is 15.4. The van der Waals surface area contributed by atoms with Crippen molar-refractivity contribution in [1.82, 2.24) is 0 Å². The monoisotopic (exact) mass is 565 g/mol. The Balaban J connectivity index is 4.43. The zero-order valence-corrected chi connectivity index (χ0v) is 29.0. The van der Waals surface area contributed by atoms with Crippen LogP contribution in [0.25, 0.3) is 0 Å². The van der Waals surface area contributed by atoms with E-state index in [1.807, 2.05) is 0 Å². The highest BCUT2D eigenvalue weighted by molar-refractivity contribution is 5.54. The molecular formula is C38H76O2. The molecule has 4 unspecified atom stereocenters. The van der Waals surface area contributed by atoms with Crippen LogP contribution in [0.5, 0.6) is 0 Å². The number of hydrogen-bond acceptors (Lipinski definition) is 2. The SMILES string of the molecule is CCCCCCCCCCCCCCCCCCC(C=O)C(C(O)C(CCCCCCC)C(C)(C)C)C(C)(C)C. The van der Waals surface area contributed by atoms with Gasteiger partial charge < -0.3 is 9.90 Å². The fraction of sp³-hybridized carbons (Fsp3) is 0.974. The molecule has 1 N–H and O–H groups in total. The molecule has 0 saturated carbocycles. The first-order chi connectivity index (χ1) is 19.0. The molecule has 0 aromatic rings. The van der Waals surface area contributed by atoms with Gasteiger partial charge in [-0.1, -0.05) is 190 Å². The number of carbonyl (C=O) groups excluding carboxylic acids is 1. The van der Waals surface area contributed by atoms with Gasteiger partial charge in [-0.2, -0.15) is 0 Å². The Bertz CT molecular complexity index is 555. The Morgan fingerprint density at radius 2 is 0.825 bits per heavy atom. The van der Waals surface area contributed by atoms with Crippen LogP contribution in [0, 0.1) is 28.6 Å². The molecule has 2 nitrogen and oxygen atoms in total.